The van der Waals surface area contributed by atoms with Crippen LogP contribution < -0.4 is 20.6 Å². The zero-order valence-corrected chi connectivity index (χ0v) is 22.8. The number of rotatable bonds is 11. The normalized spacial score (nSPS) is 13.9. The first-order valence-corrected chi connectivity index (χ1v) is 13.1. The summed E-state index contributed by atoms with van der Waals surface area (Å²) < 4.78 is 23.3. The first-order valence-electron chi connectivity index (χ1n) is 13.1. The van der Waals surface area contributed by atoms with Crippen LogP contribution in [0.1, 0.15) is 39.8 Å². The molecule has 2 aromatic carbocycles. The summed E-state index contributed by atoms with van der Waals surface area (Å²) in [5, 5.41) is 19.7. The summed E-state index contributed by atoms with van der Waals surface area (Å²) in [4.78, 5) is 15.2. The van der Waals surface area contributed by atoms with Crippen LogP contribution in [0.2, 0.25) is 0 Å². The van der Waals surface area contributed by atoms with Gasteiger partial charge in [0.1, 0.15) is 6.61 Å². The third kappa shape index (κ3) is 6.67. The number of morpholine rings is 1. The van der Waals surface area contributed by atoms with Crippen molar-refractivity contribution in [1.29, 1.82) is 0 Å². The van der Waals surface area contributed by atoms with Crippen LogP contribution in [-0.2, 0) is 17.9 Å². The minimum Gasteiger partial charge on any atom is -0.490 e. The molecule has 0 radical (unpaired) electrons. The molecule has 5 rings (SSSR count). The molecule has 14 nitrogen and oxygen atoms in total. The highest BCUT2D eigenvalue weighted by molar-refractivity contribution is 5.94. The number of carbonyl (C=O) groups excluding carboxylic acids is 1. The van der Waals surface area contributed by atoms with Crippen LogP contribution in [0.3, 0.4) is 0 Å². The molecule has 2 aromatic heterocycles. The van der Waals surface area contributed by atoms with Crippen molar-refractivity contribution >= 4 is 17.9 Å². The molecule has 14 heteroatoms. The van der Waals surface area contributed by atoms with Gasteiger partial charge in [-0.1, -0.05) is 29.5 Å². The van der Waals surface area contributed by atoms with Gasteiger partial charge in [0.2, 0.25) is 11.6 Å². The number of nitrogen functional groups attached to an aromatic ring is 1. The highest BCUT2D eigenvalue weighted by Gasteiger charge is 2.26. The maximum absolute atomic E-state index is 13.1. The molecule has 1 aliphatic rings. The molecule has 3 N–H and O–H groups in total. The van der Waals surface area contributed by atoms with Gasteiger partial charge in [0.15, 0.2) is 17.2 Å². The van der Waals surface area contributed by atoms with Crippen molar-refractivity contribution in [2.75, 3.05) is 38.6 Å². The lowest BCUT2D eigenvalue weighted by atomic mass is 10.1. The lowest BCUT2D eigenvalue weighted by Gasteiger charge is -2.26. The van der Waals surface area contributed by atoms with E-state index in [2.05, 4.69) is 36.1 Å². The highest BCUT2D eigenvalue weighted by atomic mass is 16.6. The maximum Gasteiger partial charge on any atom is 0.293 e. The lowest BCUT2D eigenvalue weighted by Crippen LogP contribution is -2.37. The fourth-order valence-corrected chi connectivity index (χ4v) is 4.24. The second-order valence-electron chi connectivity index (χ2n) is 9.21. The fourth-order valence-electron chi connectivity index (χ4n) is 4.24. The summed E-state index contributed by atoms with van der Waals surface area (Å²) in [5.41, 5.74) is 11.9. The summed E-state index contributed by atoms with van der Waals surface area (Å²) in [6.07, 6.45) is 1.51. The van der Waals surface area contributed by atoms with E-state index in [4.69, 9.17) is 24.6 Å². The number of aromatic nitrogens is 5. The second kappa shape index (κ2) is 13.0. The Bertz CT molecular complexity index is 1510. The van der Waals surface area contributed by atoms with Crippen molar-refractivity contribution in [2.45, 2.75) is 27.0 Å². The van der Waals surface area contributed by atoms with E-state index >= 15 is 0 Å². The van der Waals surface area contributed by atoms with Crippen LogP contribution in [0.5, 0.6) is 11.5 Å². The number of nitrogens with zero attached hydrogens (tertiary/aromatic N) is 7. The van der Waals surface area contributed by atoms with E-state index in [1.807, 2.05) is 50.2 Å². The van der Waals surface area contributed by atoms with E-state index < -0.39 is 5.91 Å². The molecule has 1 saturated heterocycles. The van der Waals surface area contributed by atoms with Crippen LogP contribution in [0, 0.1) is 6.92 Å². The number of hydrogen-bond donors (Lipinski definition) is 2. The fraction of sp³-hybridized carbons (Fsp3) is 0.333. The van der Waals surface area contributed by atoms with E-state index in [9.17, 15) is 4.79 Å². The van der Waals surface area contributed by atoms with E-state index in [0.717, 1.165) is 11.1 Å². The van der Waals surface area contributed by atoms with Gasteiger partial charge < -0.3 is 19.9 Å². The van der Waals surface area contributed by atoms with Crippen molar-refractivity contribution in [3.05, 3.63) is 70.5 Å². The van der Waals surface area contributed by atoms with Crippen LogP contribution in [0.25, 0.3) is 5.82 Å². The molecular formula is C27H31N9O5. The van der Waals surface area contributed by atoms with Gasteiger partial charge in [0.25, 0.3) is 5.91 Å². The van der Waals surface area contributed by atoms with E-state index in [0.29, 0.717) is 68.8 Å². The van der Waals surface area contributed by atoms with Crippen LogP contribution >= 0.6 is 0 Å². The molecule has 0 atom stereocenters. The topological polar surface area (TPSA) is 168 Å². The largest absolute Gasteiger partial charge is 0.490 e. The third-order valence-electron chi connectivity index (χ3n) is 6.44. The molecule has 4 aromatic rings. The lowest BCUT2D eigenvalue weighted by molar-refractivity contribution is 0.0332. The van der Waals surface area contributed by atoms with Gasteiger partial charge in [0.05, 0.1) is 31.7 Å². The number of nitrogens with two attached hydrogens (primary N) is 1. The number of amides is 1. The predicted octanol–water partition coefficient (Wildman–Crippen LogP) is 2.11. The van der Waals surface area contributed by atoms with Gasteiger partial charge in [-0.25, -0.2) is 10.1 Å². The van der Waals surface area contributed by atoms with Gasteiger partial charge in [0, 0.05) is 19.6 Å². The van der Waals surface area contributed by atoms with E-state index in [1.54, 1.807) is 6.07 Å². The number of nitrogens with one attached hydrogen (secondary N) is 1. The third-order valence-corrected chi connectivity index (χ3v) is 6.44. The molecule has 0 bridgehead atoms. The number of benzene rings is 2. The Balaban J connectivity index is 1.30. The Morgan fingerprint density at radius 1 is 1.15 bits per heavy atom. The molecule has 1 fully saturated rings. The van der Waals surface area contributed by atoms with Gasteiger partial charge in [-0.15, -0.1) is 5.10 Å². The Hall–Kier alpha value is -4.82. The van der Waals surface area contributed by atoms with Gasteiger partial charge in [-0.05, 0) is 59.1 Å². The molecule has 1 aliphatic heterocycles. The predicted molar refractivity (Wildman–Crippen MR) is 148 cm³/mol. The molecule has 0 aliphatic carbocycles. The van der Waals surface area contributed by atoms with Crippen molar-refractivity contribution in [1.82, 2.24) is 35.6 Å². The summed E-state index contributed by atoms with van der Waals surface area (Å²) in [5.74, 6) is 0.818. The first-order chi connectivity index (χ1) is 20.0. The Morgan fingerprint density at radius 3 is 2.73 bits per heavy atom. The van der Waals surface area contributed by atoms with Gasteiger partial charge in [-0.3, -0.25) is 9.69 Å². The molecule has 41 heavy (non-hydrogen) atoms. The summed E-state index contributed by atoms with van der Waals surface area (Å²) >= 11 is 0. The molecule has 0 spiro atoms. The Labute approximate surface area is 236 Å². The summed E-state index contributed by atoms with van der Waals surface area (Å²) in [7, 11) is 0. The van der Waals surface area contributed by atoms with Crippen LogP contribution in [-0.4, -0.2) is 75.2 Å². The summed E-state index contributed by atoms with van der Waals surface area (Å²) in [6.45, 7) is 7.72. The molecule has 0 unspecified atom stereocenters. The minimum absolute atomic E-state index is 0.0274. The second-order valence-corrected chi connectivity index (χ2v) is 9.21. The molecule has 0 saturated carbocycles. The molecule has 1 amide bonds. The minimum atomic E-state index is -0.547. The SMILES string of the molecule is CCOc1cc(/C=N\NC(=O)c2nnn(-c3nonc3N)c2CN2CCOCC2)ccc1OCc1ccccc1C. The average molecular weight is 562 g/mol. The Kier molecular flexibility index (Phi) is 8.81. The van der Waals surface area contributed by atoms with Crippen LogP contribution in [0.15, 0.2) is 52.2 Å². The van der Waals surface area contributed by atoms with Crippen LogP contribution in [0.4, 0.5) is 5.82 Å². The summed E-state index contributed by atoms with van der Waals surface area (Å²) in [6, 6.07) is 13.5. The average Bonchev–Trinajstić information content (AvgIpc) is 3.59. The molecule has 3 heterocycles. The number of aryl methyl sites for hydroxylation is 1. The number of hydrazone groups is 1. The molecular weight excluding hydrogens is 530 g/mol. The monoisotopic (exact) mass is 561 g/mol. The number of hydrogen-bond acceptors (Lipinski definition) is 12. The quantitative estimate of drug-likeness (QED) is 0.203. The van der Waals surface area contributed by atoms with E-state index in [1.165, 1.54) is 10.9 Å². The van der Waals surface area contributed by atoms with Crippen molar-refractivity contribution < 1.29 is 23.6 Å². The zero-order valence-electron chi connectivity index (χ0n) is 22.8. The van der Waals surface area contributed by atoms with Crippen molar-refractivity contribution in [2.24, 2.45) is 5.10 Å². The number of ether oxygens (including phenoxy) is 3. The number of carbonyl (C=O) groups is 1. The first kappa shape index (κ1) is 27.7. The van der Waals surface area contributed by atoms with Gasteiger partial charge in [-0.2, -0.15) is 9.78 Å². The standard InChI is InChI=1S/C27H31N9O5/c1-3-39-23-14-19(8-9-22(23)40-17-20-7-5-4-6-18(20)2)15-29-31-27(37)24-21(16-35-10-12-38-13-11-35)36(34-30-24)26-25(28)32-41-33-26/h4-9,14-15H,3,10-13,16-17H2,1-2H3,(H2,28,32)(H,31,37)/b29-15-. The number of anilines is 1. The Morgan fingerprint density at radius 2 is 1.98 bits per heavy atom. The van der Waals surface area contributed by atoms with E-state index in [-0.39, 0.29) is 17.3 Å². The maximum atomic E-state index is 13.1. The zero-order chi connectivity index (χ0) is 28.6. The molecule has 214 valence electrons. The van der Waals surface area contributed by atoms with Crippen molar-refractivity contribution in [3.8, 4) is 17.3 Å². The highest BCUT2D eigenvalue weighted by Crippen LogP contribution is 2.29. The van der Waals surface area contributed by atoms with Gasteiger partial charge >= 0.3 is 0 Å². The smallest absolute Gasteiger partial charge is 0.293 e. The van der Waals surface area contributed by atoms with Crippen molar-refractivity contribution in [3.63, 3.8) is 0 Å².